The van der Waals surface area contributed by atoms with Crippen LogP contribution in [0.2, 0.25) is 5.02 Å². The van der Waals surface area contributed by atoms with E-state index in [0.29, 0.717) is 23.0 Å². The quantitative estimate of drug-likeness (QED) is 0.849. The van der Waals surface area contributed by atoms with E-state index in [4.69, 9.17) is 11.6 Å². The predicted molar refractivity (Wildman–Crippen MR) is 85.4 cm³/mol. The van der Waals surface area contributed by atoms with E-state index >= 15 is 0 Å². The van der Waals surface area contributed by atoms with Gasteiger partial charge in [0, 0.05) is 6.54 Å². The maximum Gasteiger partial charge on any atom is 0.253 e. The molecule has 1 rings (SSSR count). The van der Waals surface area contributed by atoms with Gasteiger partial charge in [-0.05, 0) is 24.0 Å². The molecule has 4 nitrogen and oxygen atoms in total. The summed E-state index contributed by atoms with van der Waals surface area (Å²) in [6.07, 6.45) is 0. The van der Waals surface area contributed by atoms with Gasteiger partial charge in [0.05, 0.1) is 10.6 Å². The van der Waals surface area contributed by atoms with Crippen molar-refractivity contribution < 1.29 is 9.59 Å². The van der Waals surface area contributed by atoms with Crippen LogP contribution in [0.15, 0.2) is 24.3 Å². The average Bonchev–Trinajstić information content (AvgIpc) is 2.42. The molecule has 0 saturated heterocycles. The van der Waals surface area contributed by atoms with E-state index in [1.54, 1.807) is 24.3 Å². The zero-order valence-electron chi connectivity index (χ0n) is 12.9. The molecule has 21 heavy (non-hydrogen) atoms. The molecule has 0 radical (unpaired) electrons. The predicted octanol–water partition coefficient (Wildman–Crippen LogP) is 2.87. The Labute approximate surface area is 131 Å². The highest BCUT2D eigenvalue weighted by Gasteiger charge is 2.25. The Bertz CT molecular complexity index is 501. The molecule has 0 aliphatic rings. The van der Waals surface area contributed by atoms with Crippen molar-refractivity contribution in [2.45, 2.75) is 33.7 Å². The normalized spacial score (nSPS) is 12.3. The van der Waals surface area contributed by atoms with Gasteiger partial charge in [-0.3, -0.25) is 9.59 Å². The van der Waals surface area contributed by atoms with Crippen LogP contribution in [0.25, 0.3) is 0 Å². The van der Waals surface area contributed by atoms with Gasteiger partial charge in [0.25, 0.3) is 5.91 Å². The van der Waals surface area contributed by atoms with Crippen LogP contribution in [-0.4, -0.2) is 24.4 Å². The minimum absolute atomic E-state index is 0.0106. The summed E-state index contributed by atoms with van der Waals surface area (Å²) in [5.41, 5.74) is 0.376. The molecule has 5 heteroatoms. The van der Waals surface area contributed by atoms with Crippen molar-refractivity contribution in [3.8, 4) is 0 Å². The van der Waals surface area contributed by atoms with E-state index in [9.17, 15) is 9.59 Å². The molecule has 2 N–H and O–H groups in total. The molecule has 0 saturated carbocycles. The van der Waals surface area contributed by atoms with E-state index in [1.807, 2.05) is 27.7 Å². The Morgan fingerprint density at radius 1 is 1.14 bits per heavy atom. The first-order chi connectivity index (χ1) is 9.82. The third-order valence-corrected chi connectivity index (χ3v) is 3.37. The second kappa shape index (κ2) is 8.03. The molecule has 0 unspecified atom stereocenters. The van der Waals surface area contributed by atoms with Crippen molar-refractivity contribution in [3.63, 3.8) is 0 Å². The van der Waals surface area contributed by atoms with E-state index in [1.165, 1.54) is 0 Å². The summed E-state index contributed by atoms with van der Waals surface area (Å²) in [7, 11) is 0. The van der Waals surface area contributed by atoms with E-state index in [-0.39, 0.29) is 17.7 Å². The van der Waals surface area contributed by atoms with Crippen LogP contribution >= 0.6 is 11.6 Å². The van der Waals surface area contributed by atoms with Gasteiger partial charge < -0.3 is 10.6 Å². The number of rotatable bonds is 6. The van der Waals surface area contributed by atoms with Crippen molar-refractivity contribution in [1.29, 1.82) is 0 Å². The summed E-state index contributed by atoms with van der Waals surface area (Å²) in [5, 5.41) is 5.99. The molecule has 0 aliphatic carbocycles. The molecular formula is C16H23ClN2O2. The fourth-order valence-corrected chi connectivity index (χ4v) is 2.04. The molecule has 116 valence electrons. The molecule has 0 fully saturated rings. The lowest BCUT2D eigenvalue weighted by Crippen LogP contribution is -2.50. The highest BCUT2D eigenvalue weighted by molar-refractivity contribution is 6.33. The summed E-state index contributed by atoms with van der Waals surface area (Å²) in [6, 6.07) is 6.21. The molecule has 1 aromatic rings. The molecule has 0 bridgehead atoms. The van der Waals surface area contributed by atoms with Gasteiger partial charge in [-0.2, -0.15) is 0 Å². The second-order valence-electron chi connectivity index (χ2n) is 5.81. The van der Waals surface area contributed by atoms with Gasteiger partial charge in [-0.15, -0.1) is 0 Å². The molecule has 0 aromatic heterocycles. The fraction of sp³-hybridized carbons (Fsp3) is 0.500. The van der Waals surface area contributed by atoms with Crippen molar-refractivity contribution in [2.75, 3.05) is 6.54 Å². The highest BCUT2D eigenvalue weighted by atomic mass is 35.5. The third kappa shape index (κ3) is 5.38. The van der Waals surface area contributed by atoms with Crippen LogP contribution in [0.5, 0.6) is 0 Å². The zero-order chi connectivity index (χ0) is 16.0. The lowest BCUT2D eigenvalue weighted by atomic mass is 10.0. The summed E-state index contributed by atoms with van der Waals surface area (Å²) < 4.78 is 0. The Morgan fingerprint density at radius 2 is 1.76 bits per heavy atom. The largest absolute Gasteiger partial charge is 0.354 e. The maximum atomic E-state index is 12.2. The summed E-state index contributed by atoms with van der Waals surface area (Å²) in [6.45, 7) is 8.42. The molecule has 0 spiro atoms. The summed E-state index contributed by atoms with van der Waals surface area (Å²) in [5.74, 6) is -0.150. The van der Waals surface area contributed by atoms with E-state index in [2.05, 4.69) is 10.6 Å². The van der Waals surface area contributed by atoms with Crippen LogP contribution in [-0.2, 0) is 4.79 Å². The zero-order valence-corrected chi connectivity index (χ0v) is 13.7. The van der Waals surface area contributed by atoms with Gasteiger partial charge in [0.2, 0.25) is 5.91 Å². The van der Waals surface area contributed by atoms with Crippen LogP contribution < -0.4 is 10.6 Å². The fourth-order valence-electron chi connectivity index (χ4n) is 1.81. The minimum atomic E-state index is -0.576. The Morgan fingerprint density at radius 3 is 2.29 bits per heavy atom. The number of hydrogen-bond acceptors (Lipinski definition) is 2. The van der Waals surface area contributed by atoms with Crippen LogP contribution in [0.4, 0.5) is 0 Å². The molecule has 1 atom stereocenters. The number of carbonyl (C=O) groups excluding carboxylic acids is 2. The minimum Gasteiger partial charge on any atom is -0.354 e. The highest BCUT2D eigenvalue weighted by Crippen LogP contribution is 2.15. The number of amides is 2. The van der Waals surface area contributed by atoms with Crippen molar-refractivity contribution in [1.82, 2.24) is 10.6 Å². The van der Waals surface area contributed by atoms with Crippen LogP contribution in [0.1, 0.15) is 38.1 Å². The monoisotopic (exact) mass is 310 g/mol. The van der Waals surface area contributed by atoms with Gasteiger partial charge in [-0.25, -0.2) is 0 Å². The standard InChI is InChI=1S/C16H23ClN2O2/c1-10(2)9-18-16(21)14(11(3)4)19-15(20)12-7-5-6-8-13(12)17/h5-8,10-11,14H,9H2,1-4H3,(H,18,21)(H,19,20)/t14-/m0/s1. The SMILES string of the molecule is CC(C)CNC(=O)[C@@H](NC(=O)c1ccccc1Cl)C(C)C. The van der Waals surface area contributed by atoms with Gasteiger partial charge >= 0.3 is 0 Å². The van der Waals surface area contributed by atoms with E-state index < -0.39 is 6.04 Å². The maximum absolute atomic E-state index is 12.2. The first kappa shape index (κ1) is 17.5. The van der Waals surface area contributed by atoms with Crippen LogP contribution in [0.3, 0.4) is 0 Å². The van der Waals surface area contributed by atoms with Crippen molar-refractivity contribution in [3.05, 3.63) is 34.9 Å². The Balaban J connectivity index is 2.77. The lowest BCUT2D eigenvalue weighted by Gasteiger charge is -2.22. The number of hydrogen-bond donors (Lipinski definition) is 2. The first-order valence-corrected chi connectivity index (χ1v) is 7.53. The average molecular weight is 311 g/mol. The summed E-state index contributed by atoms with van der Waals surface area (Å²) >= 11 is 6.00. The summed E-state index contributed by atoms with van der Waals surface area (Å²) in [4.78, 5) is 24.4. The third-order valence-electron chi connectivity index (χ3n) is 3.04. The van der Waals surface area contributed by atoms with Gasteiger partial charge in [-0.1, -0.05) is 51.4 Å². The van der Waals surface area contributed by atoms with E-state index in [0.717, 1.165) is 0 Å². The Kier molecular flexibility index (Phi) is 6.69. The Hall–Kier alpha value is -1.55. The second-order valence-corrected chi connectivity index (χ2v) is 6.22. The topological polar surface area (TPSA) is 58.2 Å². The molecule has 0 aliphatic heterocycles. The number of nitrogens with one attached hydrogen (secondary N) is 2. The first-order valence-electron chi connectivity index (χ1n) is 7.16. The number of benzene rings is 1. The van der Waals surface area contributed by atoms with Crippen molar-refractivity contribution >= 4 is 23.4 Å². The smallest absolute Gasteiger partial charge is 0.253 e. The molecule has 2 amide bonds. The van der Waals surface area contributed by atoms with Crippen LogP contribution in [0, 0.1) is 11.8 Å². The molecule has 1 aromatic carbocycles. The number of halogens is 1. The van der Waals surface area contributed by atoms with Gasteiger partial charge in [0.1, 0.15) is 6.04 Å². The van der Waals surface area contributed by atoms with Gasteiger partial charge in [0.15, 0.2) is 0 Å². The molecule has 0 heterocycles. The number of carbonyl (C=O) groups is 2. The lowest BCUT2D eigenvalue weighted by molar-refractivity contribution is -0.124. The van der Waals surface area contributed by atoms with Crippen molar-refractivity contribution in [2.24, 2.45) is 11.8 Å². The molecular weight excluding hydrogens is 288 g/mol.